The van der Waals surface area contributed by atoms with Crippen LogP contribution in [0.4, 0.5) is 4.79 Å². The molecule has 0 atom stereocenters. The number of amides is 3. The quantitative estimate of drug-likeness (QED) is 0.832. The van der Waals surface area contributed by atoms with Crippen LogP contribution in [0.2, 0.25) is 0 Å². The van der Waals surface area contributed by atoms with Gasteiger partial charge in [0.1, 0.15) is 0 Å². The Labute approximate surface area is 110 Å². The third kappa shape index (κ3) is 2.81. The number of nitrogens with one attached hydrogen (secondary N) is 1. The van der Waals surface area contributed by atoms with Crippen molar-refractivity contribution in [3.8, 4) is 0 Å². The molecule has 1 N–H and O–H groups in total. The van der Waals surface area contributed by atoms with Gasteiger partial charge in [0.15, 0.2) is 0 Å². The second kappa shape index (κ2) is 5.86. The van der Waals surface area contributed by atoms with Gasteiger partial charge in [-0.25, -0.2) is 4.79 Å². The molecule has 1 fully saturated rings. The predicted octanol–water partition coefficient (Wildman–Crippen LogP) is 1.24. The molecule has 5 nitrogen and oxygen atoms in total. The first kappa shape index (κ1) is 12.9. The van der Waals surface area contributed by atoms with E-state index in [2.05, 4.69) is 5.32 Å². The average Bonchev–Trinajstić information content (AvgIpc) is 2.81. The minimum Gasteiger partial charge on any atom is -0.341 e. The topological polar surface area (TPSA) is 52.7 Å². The van der Waals surface area contributed by atoms with E-state index in [9.17, 15) is 9.59 Å². The number of thiophene rings is 1. The van der Waals surface area contributed by atoms with Gasteiger partial charge < -0.3 is 15.1 Å². The van der Waals surface area contributed by atoms with E-state index in [4.69, 9.17) is 0 Å². The number of rotatable bonds is 1. The number of nitrogens with zero attached hydrogens (tertiary/aromatic N) is 2. The second-order valence-electron chi connectivity index (χ2n) is 4.20. The Kier molecular flexibility index (Phi) is 4.19. The van der Waals surface area contributed by atoms with Gasteiger partial charge in [0.2, 0.25) is 0 Å². The zero-order valence-electron chi connectivity index (χ0n) is 10.4. The summed E-state index contributed by atoms with van der Waals surface area (Å²) < 4.78 is 0. The van der Waals surface area contributed by atoms with Gasteiger partial charge in [-0.2, -0.15) is 11.3 Å². The maximum atomic E-state index is 12.2. The first-order valence-electron chi connectivity index (χ1n) is 6.00. The van der Waals surface area contributed by atoms with Crippen LogP contribution in [0, 0.1) is 0 Å². The summed E-state index contributed by atoms with van der Waals surface area (Å²) in [6.45, 7) is 2.60. The highest BCUT2D eigenvalue weighted by molar-refractivity contribution is 7.08. The van der Waals surface area contributed by atoms with Crippen LogP contribution in [0.15, 0.2) is 16.8 Å². The van der Waals surface area contributed by atoms with Gasteiger partial charge >= 0.3 is 6.03 Å². The molecule has 2 heterocycles. The molecule has 2 rings (SSSR count). The molecule has 1 aromatic heterocycles. The lowest BCUT2D eigenvalue weighted by Gasteiger charge is -2.21. The van der Waals surface area contributed by atoms with Crippen LogP contribution in [0.25, 0.3) is 0 Å². The Morgan fingerprint density at radius 2 is 1.94 bits per heavy atom. The first-order valence-corrected chi connectivity index (χ1v) is 6.95. The normalized spacial score (nSPS) is 16.3. The number of urea groups is 1. The Morgan fingerprint density at radius 3 is 2.61 bits per heavy atom. The number of carbonyl (C=O) groups excluding carboxylic acids is 2. The third-order valence-corrected chi connectivity index (χ3v) is 3.74. The fourth-order valence-corrected chi connectivity index (χ4v) is 2.68. The van der Waals surface area contributed by atoms with Crippen LogP contribution < -0.4 is 5.32 Å². The van der Waals surface area contributed by atoms with Crippen molar-refractivity contribution in [2.24, 2.45) is 0 Å². The largest absolute Gasteiger partial charge is 0.341 e. The number of carbonyl (C=O) groups is 2. The summed E-state index contributed by atoms with van der Waals surface area (Å²) in [4.78, 5) is 27.3. The smallest absolute Gasteiger partial charge is 0.317 e. The van der Waals surface area contributed by atoms with Gasteiger partial charge in [0.25, 0.3) is 5.91 Å². The molecule has 3 amide bonds. The lowest BCUT2D eigenvalue weighted by Crippen LogP contribution is -2.41. The van der Waals surface area contributed by atoms with Gasteiger partial charge in [-0.15, -0.1) is 0 Å². The minimum atomic E-state index is -0.0696. The molecule has 0 spiro atoms. The second-order valence-corrected chi connectivity index (χ2v) is 4.98. The van der Waals surface area contributed by atoms with Crippen LogP contribution in [-0.4, -0.2) is 55.0 Å². The van der Waals surface area contributed by atoms with E-state index in [1.165, 1.54) is 11.3 Å². The molecule has 0 radical (unpaired) electrons. The highest BCUT2D eigenvalue weighted by Crippen LogP contribution is 2.12. The lowest BCUT2D eigenvalue weighted by molar-refractivity contribution is 0.0763. The zero-order chi connectivity index (χ0) is 13.0. The molecule has 1 aromatic rings. The molecular weight excluding hydrogens is 250 g/mol. The van der Waals surface area contributed by atoms with Crippen LogP contribution in [0.3, 0.4) is 0 Å². The molecule has 1 aliphatic rings. The van der Waals surface area contributed by atoms with Crippen molar-refractivity contribution in [1.82, 2.24) is 15.1 Å². The van der Waals surface area contributed by atoms with Crippen LogP contribution >= 0.6 is 11.3 Å². The number of hydrogen-bond donors (Lipinski definition) is 1. The average molecular weight is 267 g/mol. The highest BCUT2D eigenvalue weighted by Gasteiger charge is 2.22. The van der Waals surface area contributed by atoms with Gasteiger partial charge in [-0.1, -0.05) is 0 Å². The fraction of sp³-hybridized carbons (Fsp3) is 0.500. The van der Waals surface area contributed by atoms with E-state index in [0.717, 1.165) is 12.0 Å². The fourth-order valence-electron chi connectivity index (χ4n) is 2.05. The van der Waals surface area contributed by atoms with Crippen LogP contribution in [0.1, 0.15) is 16.8 Å². The third-order valence-electron chi connectivity index (χ3n) is 3.05. The van der Waals surface area contributed by atoms with Crippen LogP contribution in [0.5, 0.6) is 0 Å². The summed E-state index contributed by atoms with van der Waals surface area (Å²) >= 11 is 1.52. The molecular formula is C12H17N3O2S. The Hall–Kier alpha value is -1.56. The maximum Gasteiger partial charge on any atom is 0.317 e. The molecule has 0 bridgehead atoms. The van der Waals surface area contributed by atoms with Crippen molar-refractivity contribution in [2.75, 3.05) is 33.2 Å². The molecule has 0 aromatic carbocycles. The van der Waals surface area contributed by atoms with Gasteiger partial charge in [0, 0.05) is 38.6 Å². The Balaban J connectivity index is 1.97. The number of hydrogen-bond acceptors (Lipinski definition) is 3. The van der Waals surface area contributed by atoms with E-state index < -0.39 is 0 Å². The van der Waals surface area contributed by atoms with Crippen LogP contribution in [-0.2, 0) is 0 Å². The first-order chi connectivity index (χ1) is 8.72. The molecule has 18 heavy (non-hydrogen) atoms. The van der Waals surface area contributed by atoms with E-state index in [0.29, 0.717) is 26.2 Å². The van der Waals surface area contributed by atoms with Crippen molar-refractivity contribution >= 4 is 23.3 Å². The monoisotopic (exact) mass is 267 g/mol. The summed E-state index contributed by atoms with van der Waals surface area (Å²) in [5, 5.41) is 6.39. The summed E-state index contributed by atoms with van der Waals surface area (Å²) in [6, 6.07) is 1.77. The Bertz CT molecular complexity index is 419. The van der Waals surface area contributed by atoms with E-state index in [1.54, 1.807) is 11.9 Å². The summed E-state index contributed by atoms with van der Waals surface area (Å²) in [6.07, 6.45) is 0.823. The minimum absolute atomic E-state index is 0.0648. The summed E-state index contributed by atoms with van der Waals surface area (Å²) in [5.74, 6) is 0.0648. The predicted molar refractivity (Wildman–Crippen MR) is 70.9 cm³/mol. The highest BCUT2D eigenvalue weighted by atomic mass is 32.1. The SMILES string of the molecule is CNC(=O)N1CCCN(C(=O)c2ccsc2)CC1. The molecule has 0 saturated carbocycles. The molecule has 6 heteroatoms. The molecule has 0 aliphatic carbocycles. The van der Waals surface area contributed by atoms with Crippen molar-refractivity contribution in [2.45, 2.75) is 6.42 Å². The molecule has 0 unspecified atom stereocenters. The molecule has 98 valence electrons. The van der Waals surface area contributed by atoms with Crippen molar-refractivity contribution in [3.63, 3.8) is 0 Å². The van der Waals surface area contributed by atoms with Gasteiger partial charge in [0.05, 0.1) is 5.56 Å². The van der Waals surface area contributed by atoms with Crippen molar-refractivity contribution in [3.05, 3.63) is 22.4 Å². The van der Waals surface area contributed by atoms with Crippen molar-refractivity contribution in [1.29, 1.82) is 0 Å². The van der Waals surface area contributed by atoms with Crippen molar-refractivity contribution < 1.29 is 9.59 Å². The summed E-state index contributed by atoms with van der Waals surface area (Å²) in [5.41, 5.74) is 0.744. The van der Waals surface area contributed by atoms with E-state index >= 15 is 0 Å². The maximum absolute atomic E-state index is 12.2. The summed E-state index contributed by atoms with van der Waals surface area (Å²) in [7, 11) is 1.63. The molecule has 1 saturated heterocycles. The van der Waals surface area contributed by atoms with E-state index in [-0.39, 0.29) is 11.9 Å². The zero-order valence-corrected chi connectivity index (χ0v) is 11.2. The molecule has 1 aliphatic heterocycles. The standard InChI is InChI=1S/C12H17N3O2S/c1-13-12(17)15-5-2-4-14(6-7-15)11(16)10-3-8-18-9-10/h3,8-9H,2,4-7H2,1H3,(H,13,17). The van der Waals surface area contributed by atoms with E-state index in [1.807, 2.05) is 21.7 Å². The lowest BCUT2D eigenvalue weighted by atomic mass is 10.3. The van der Waals surface area contributed by atoms with Gasteiger partial charge in [-0.05, 0) is 17.9 Å². The van der Waals surface area contributed by atoms with Gasteiger partial charge in [-0.3, -0.25) is 4.79 Å². The Morgan fingerprint density at radius 1 is 1.22 bits per heavy atom.